The molecule has 1 fully saturated rings. The van der Waals surface area contributed by atoms with Gasteiger partial charge in [-0.25, -0.2) is 19.9 Å². The lowest BCUT2D eigenvalue weighted by atomic mass is 9.93. The molecule has 0 unspecified atom stereocenters. The zero-order chi connectivity index (χ0) is 26.9. The summed E-state index contributed by atoms with van der Waals surface area (Å²) in [5.74, 6) is 2.42. The molecule has 0 radical (unpaired) electrons. The molecule has 9 heteroatoms. The Morgan fingerprint density at radius 1 is 1.05 bits per heavy atom. The van der Waals surface area contributed by atoms with Gasteiger partial charge in [-0.2, -0.15) is 0 Å². The summed E-state index contributed by atoms with van der Waals surface area (Å²) in [4.78, 5) is 32.1. The number of hydrogen-bond donors (Lipinski definition) is 1. The Bertz CT molecular complexity index is 1700. The van der Waals surface area contributed by atoms with Gasteiger partial charge in [-0.1, -0.05) is 6.58 Å². The average molecular weight is 520 g/mol. The van der Waals surface area contributed by atoms with Crippen LogP contribution < -0.4 is 10.1 Å². The summed E-state index contributed by atoms with van der Waals surface area (Å²) in [6, 6.07) is 15.9. The van der Waals surface area contributed by atoms with E-state index in [2.05, 4.69) is 26.8 Å². The van der Waals surface area contributed by atoms with Crippen LogP contribution in [0.2, 0.25) is 0 Å². The number of nitrogens with one attached hydrogen (secondary N) is 1. The first-order chi connectivity index (χ1) is 19.0. The zero-order valence-corrected chi connectivity index (χ0v) is 22.0. The number of amides is 1. The Kier molecular flexibility index (Phi) is 6.40. The quantitative estimate of drug-likeness (QED) is 0.290. The highest BCUT2D eigenvalue weighted by molar-refractivity contribution is 5.88. The number of nitrogens with zero attached hydrogens (tertiary/aromatic N) is 6. The lowest BCUT2D eigenvalue weighted by Crippen LogP contribution is -2.36. The third kappa shape index (κ3) is 4.90. The number of hydrogen-bond acceptors (Lipinski definition) is 7. The van der Waals surface area contributed by atoms with E-state index in [0.29, 0.717) is 18.9 Å². The van der Waals surface area contributed by atoms with Gasteiger partial charge in [-0.15, -0.1) is 0 Å². The highest BCUT2D eigenvalue weighted by atomic mass is 16.5. The topological polar surface area (TPSA) is 98.1 Å². The summed E-state index contributed by atoms with van der Waals surface area (Å²) in [5, 5.41) is 3.42. The van der Waals surface area contributed by atoms with Crippen LogP contribution in [-0.4, -0.2) is 48.4 Å². The van der Waals surface area contributed by atoms with Crippen molar-refractivity contribution in [1.82, 2.24) is 29.4 Å². The van der Waals surface area contributed by atoms with Gasteiger partial charge in [-0.3, -0.25) is 4.79 Å². The van der Waals surface area contributed by atoms with E-state index in [1.807, 2.05) is 72.0 Å². The minimum atomic E-state index is -0.0132. The molecule has 39 heavy (non-hydrogen) atoms. The number of rotatable bonds is 6. The largest absolute Gasteiger partial charge is 0.457 e. The Balaban J connectivity index is 1.20. The van der Waals surface area contributed by atoms with Crippen LogP contribution in [0.25, 0.3) is 22.1 Å². The standard InChI is InChI=1S/C30H29N7O2/c1-4-28(38)37-13-11-20(12-14-37)23-7-8-24-29(35-23)30(32-17-31-24)34-21-5-10-27(19(2)15-21)39-22-6-9-26-25(16-22)33-18-36(26)3/h4-10,15-18,20H,1,11-14H2,2-3H3,(H,31,32,34). The van der Waals surface area contributed by atoms with Crippen molar-refractivity contribution in [2.24, 2.45) is 7.05 Å². The number of aromatic nitrogens is 5. The van der Waals surface area contributed by atoms with E-state index < -0.39 is 0 Å². The zero-order valence-electron chi connectivity index (χ0n) is 22.0. The highest BCUT2D eigenvalue weighted by Gasteiger charge is 2.24. The van der Waals surface area contributed by atoms with Gasteiger partial charge in [-0.05, 0) is 73.9 Å². The second-order valence-corrected chi connectivity index (χ2v) is 9.84. The summed E-state index contributed by atoms with van der Waals surface area (Å²) >= 11 is 0. The number of benzene rings is 2. The molecule has 0 saturated carbocycles. The average Bonchev–Trinajstić information content (AvgIpc) is 3.34. The molecule has 9 nitrogen and oxygen atoms in total. The maximum Gasteiger partial charge on any atom is 0.245 e. The molecular formula is C30H29N7O2. The van der Waals surface area contributed by atoms with E-state index in [0.717, 1.165) is 63.4 Å². The first-order valence-electron chi connectivity index (χ1n) is 13.0. The van der Waals surface area contributed by atoms with Crippen molar-refractivity contribution in [3.05, 3.63) is 85.1 Å². The van der Waals surface area contributed by atoms with Crippen molar-refractivity contribution in [3.63, 3.8) is 0 Å². The second kappa shape index (κ2) is 10.2. The highest BCUT2D eigenvalue weighted by Crippen LogP contribution is 2.32. The first-order valence-corrected chi connectivity index (χ1v) is 13.0. The summed E-state index contributed by atoms with van der Waals surface area (Å²) in [6.45, 7) is 7.01. The molecule has 1 amide bonds. The van der Waals surface area contributed by atoms with Crippen LogP contribution in [0.15, 0.2) is 73.8 Å². The van der Waals surface area contributed by atoms with Crippen molar-refractivity contribution >= 4 is 39.5 Å². The van der Waals surface area contributed by atoms with Gasteiger partial charge in [0.25, 0.3) is 0 Å². The summed E-state index contributed by atoms with van der Waals surface area (Å²) in [5.41, 5.74) is 6.30. The molecule has 1 saturated heterocycles. The maximum atomic E-state index is 11.9. The van der Waals surface area contributed by atoms with E-state index in [4.69, 9.17) is 9.72 Å². The van der Waals surface area contributed by atoms with Crippen molar-refractivity contribution in [2.75, 3.05) is 18.4 Å². The summed E-state index contributed by atoms with van der Waals surface area (Å²) in [7, 11) is 1.97. The van der Waals surface area contributed by atoms with Gasteiger partial charge in [0.05, 0.1) is 22.9 Å². The van der Waals surface area contributed by atoms with Crippen LogP contribution in [0.5, 0.6) is 11.5 Å². The molecule has 1 aliphatic heterocycles. The molecule has 1 aliphatic rings. The second-order valence-electron chi connectivity index (χ2n) is 9.84. The number of carbonyl (C=O) groups is 1. The number of pyridine rings is 1. The van der Waals surface area contributed by atoms with Crippen LogP contribution in [0.1, 0.15) is 30.0 Å². The number of imidazole rings is 1. The normalized spacial score (nSPS) is 14.1. The predicted molar refractivity (Wildman–Crippen MR) is 151 cm³/mol. The molecule has 0 bridgehead atoms. The number of piperidine rings is 1. The van der Waals surface area contributed by atoms with Crippen molar-refractivity contribution in [2.45, 2.75) is 25.7 Å². The minimum absolute atomic E-state index is 0.0132. The molecule has 6 rings (SSSR count). The predicted octanol–water partition coefficient (Wildman–Crippen LogP) is 5.65. The van der Waals surface area contributed by atoms with Crippen molar-refractivity contribution < 1.29 is 9.53 Å². The Labute approximate surface area is 226 Å². The monoisotopic (exact) mass is 519 g/mol. The Morgan fingerprint density at radius 2 is 1.90 bits per heavy atom. The van der Waals surface area contributed by atoms with E-state index in [1.165, 1.54) is 6.08 Å². The van der Waals surface area contributed by atoms with E-state index in [-0.39, 0.29) is 11.8 Å². The number of ether oxygens (including phenoxy) is 1. The molecule has 0 atom stereocenters. The molecule has 1 N–H and O–H groups in total. The van der Waals surface area contributed by atoms with Gasteiger partial charge >= 0.3 is 0 Å². The minimum Gasteiger partial charge on any atom is -0.457 e. The molecule has 0 aliphatic carbocycles. The van der Waals surface area contributed by atoms with Crippen molar-refractivity contribution in [1.29, 1.82) is 0 Å². The third-order valence-electron chi connectivity index (χ3n) is 7.27. The molecule has 3 aromatic heterocycles. The SMILES string of the molecule is C=CC(=O)N1CCC(c2ccc3ncnc(Nc4ccc(Oc5ccc6c(c5)ncn6C)c(C)c4)c3n2)CC1. The number of likely N-dealkylation sites (tertiary alicyclic amines) is 1. The van der Waals surface area contributed by atoms with E-state index in [1.54, 1.807) is 12.7 Å². The number of fused-ring (bicyclic) bond motifs is 2. The molecule has 196 valence electrons. The maximum absolute atomic E-state index is 11.9. The van der Waals surface area contributed by atoms with Gasteiger partial charge in [0, 0.05) is 43.5 Å². The summed E-state index contributed by atoms with van der Waals surface area (Å²) < 4.78 is 8.15. The van der Waals surface area contributed by atoms with Gasteiger partial charge < -0.3 is 19.5 Å². The number of carbonyl (C=O) groups excluding carboxylic acids is 1. The number of anilines is 2. The van der Waals surface area contributed by atoms with Gasteiger partial charge in [0.15, 0.2) is 5.82 Å². The fraction of sp³-hybridized carbons (Fsp3) is 0.233. The van der Waals surface area contributed by atoms with Crippen LogP contribution in [0.3, 0.4) is 0 Å². The number of aryl methyl sites for hydroxylation is 2. The third-order valence-corrected chi connectivity index (χ3v) is 7.27. The lowest BCUT2D eigenvalue weighted by Gasteiger charge is -2.31. The molecule has 2 aromatic carbocycles. The van der Waals surface area contributed by atoms with Gasteiger partial charge in [0.2, 0.25) is 5.91 Å². The van der Waals surface area contributed by atoms with E-state index in [9.17, 15) is 4.79 Å². The fourth-order valence-corrected chi connectivity index (χ4v) is 5.08. The van der Waals surface area contributed by atoms with Crippen LogP contribution in [-0.2, 0) is 11.8 Å². The Hall–Kier alpha value is -4.79. The van der Waals surface area contributed by atoms with Gasteiger partial charge in [0.1, 0.15) is 23.3 Å². The van der Waals surface area contributed by atoms with E-state index >= 15 is 0 Å². The smallest absolute Gasteiger partial charge is 0.245 e. The van der Waals surface area contributed by atoms with Crippen LogP contribution in [0.4, 0.5) is 11.5 Å². The summed E-state index contributed by atoms with van der Waals surface area (Å²) in [6.07, 6.45) is 6.45. The van der Waals surface area contributed by atoms with Crippen LogP contribution >= 0.6 is 0 Å². The fourth-order valence-electron chi connectivity index (χ4n) is 5.08. The first kappa shape index (κ1) is 24.5. The lowest BCUT2D eigenvalue weighted by molar-refractivity contribution is -0.127. The molecule has 4 heterocycles. The molecular weight excluding hydrogens is 490 g/mol. The molecule has 0 spiro atoms. The van der Waals surface area contributed by atoms with Crippen molar-refractivity contribution in [3.8, 4) is 11.5 Å². The Morgan fingerprint density at radius 3 is 2.69 bits per heavy atom. The van der Waals surface area contributed by atoms with Crippen LogP contribution in [0, 0.1) is 6.92 Å². The molecule has 5 aromatic rings.